The second-order valence-corrected chi connectivity index (χ2v) is 5.91. The average molecular weight is 332 g/mol. The molecule has 22 heavy (non-hydrogen) atoms. The van der Waals surface area contributed by atoms with Gasteiger partial charge in [-0.05, 0) is 38.8 Å². The molecule has 0 aromatic rings. The number of rotatable bonds is 6. The van der Waals surface area contributed by atoms with Crippen LogP contribution in [0.3, 0.4) is 0 Å². The van der Waals surface area contributed by atoms with Crippen molar-refractivity contribution in [3.8, 4) is 0 Å². The quantitative estimate of drug-likeness (QED) is 0.731. The van der Waals surface area contributed by atoms with Crippen molar-refractivity contribution in [1.29, 1.82) is 0 Å². The second-order valence-electron chi connectivity index (χ2n) is 5.91. The lowest BCUT2D eigenvalue weighted by Crippen LogP contribution is -2.41. The van der Waals surface area contributed by atoms with Crippen molar-refractivity contribution in [1.82, 2.24) is 15.1 Å². The maximum atomic E-state index is 12.2. The largest absolute Gasteiger partial charge is 0.343 e. The number of nitrogens with one attached hydrogen (secondary N) is 1. The Hall–Kier alpha value is -1.14. The molecule has 2 saturated heterocycles. The van der Waals surface area contributed by atoms with Gasteiger partial charge in [0.1, 0.15) is 0 Å². The Labute approximate surface area is 138 Å². The van der Waals surface area contributed by atoms with Gasteiger partial charge in [0.15, 0.2) is 0 Å². The van der Waals surface area contributed by atoms with Gasteiger partial charge in [0, 0.05) is 38.9 Å². The van der Waals surface area contributed by atoms with Crippen LogP contribution in [0.1, 0.15) is 38.5 Å². The molecule has 0 atom stereocenters. The second kappa shape index (κ2) is 9.10. The van der Waals surface area contributed by atoms with E-state index in [1.165, 1.54) is 4.90 Å². The zero-order valence-corrected chi connectivity index (χ0v) is 14.0. The van der Waals surface area contributed by atoms with Crippen LogP contribution in [-0.2, 0) is 14.4 Å². The van der Waals surface area contributed by atoms with E-state index in [1.54, 1.807) is 0 Å². The summed E-state index contributed by atoms with van der Waals surface area (Å²) in [5, 5.41) is 3.16. The number of hydrogen-bond donors (Lipinski definition) is 1. The van der Waals surface area contributed by atoms with Gasteiger partial charge in [-0.2, -0.15) is 0 Å². The van der Waals surface area contributed by atoms with Crippen LogP contribution in [0.25, 0.3) is 0 Å². The number of nitrogens with zero attached hydrogens (tertiary/aromatic N) is 2. The van der Waals surface area contributed by atoms with Gasteiger partial charge >= 0.3 is 0 Å². The Balaban J connectivity index is 0.00000242. The topological polar surface area (TPSA) is 69.7 Å². The molecule has 2 aliphatic rings. The molecule has 0 aromatic heterocycles. The highest BCUT2D eigenvalue weighted by atomic mass is 35.5. The van der Waals surface area contributed by atoms with Crippen molar-refractivity contribution in [3.05, 3.63) is 0 Å². The third-order valence-electron chi connectivity index (χ3n) is 4.47. The lowest BCUT2D eigenvalue weighted by molar-refractivity contribution is -0.139. The number of piperidine rings is 1. The van der Waals surface area contributed by atoms with Crippen LogP contribution in [-0.4, -0.2) is 60.7 Å². The van der Waals surface area contributed by atoms with E-state index >= 15 is 0 Å². The number of likely N-dealkylation sites (tertiary alicyclic amines) is 2. The highest BCUT2D eigenvalue weighted by molar-refractivity contribution is 6.02. The van der Waals surface area contributed by atoms with Crippen molar-refractivity contribution in [2.24, 2.45) is 5.92 Å². The van der Waals surface area contributed by atoms with Crippen LogP contribution in [0.4, 0.5) is 0 Å². The van der Waals surface area contributed by atoms with Crippen LogP contribution in [0.2, 0.25) is 0 Å². The fourth-order valence-corrected chi connectivity index (χ4v) is 3.06. The average Bonchev–Trinajstić information content (AvgIpc) is 2.82. The molecule has 2 fully saturated rings. The number of imide groups is 1. The number of hydrogen-bond acceptors (Lipinski definition) is 4. The minimum absolute atomic E-state index is 0. The van der Waals surface area contributed by atoms with Crippen LogP contribution in [0, 0.1) is 5.92 Å². The van der Waals surface area contributed by atoms with Crippen molar-refractivity contribution in [2.75, 3.05) is 33.2 Å². The summed E-state index contributed by atoms with van der Waals surface area (Å²) in [5.74, 6) is 0.481. The molecule has 126 valence electrons. The summed E-state index contributed by atoms with van der Waals surface area (Å²) < 4.78 is 0. The van der Waals surface area contributed by atoms with Crippen LogP contribution in [0.15, 0.2) is 0 Å². The van der Waals surface area contributed by atoms with Gasteiger partial charge in [0.2, 0.25) is 17.7 Å². The minimum atomic E-state index is -0.140. The zero-order chi connectivity index (χ0) is 15.2. The van der Waals surface area contributed by atoms with E-state index in [1.807, 2.05) is 11.9 Å². The molecule has 2 rings (SSSR count). The summed E-state index contributed by atoms with van der Waals surface area (Å²) in [6.07, 6.45) is 4.12. The normalized spacial score (nSPS) is 19.5. The number of halogens is 1. The van der Waals surface area contributed by atoms with E-state index < -0.39 is 0 Å². The minimum Gasteiger partial charge on any atom is -0.343 e. The highest BCUT2D eigenvalue weighted by Crippen LogP contribution is 2.21. The summed E-state index contributed by atoms with van der Waals surface area (Å²) in [7, 11) is 1.96. The third-order valence-corrected chi connectivity index (χ3v) is 4.47. The predicted molar refractivity (Wildman–Crippen MR) is 85.7 cm³/mol. The smallest absolute Gasteiger partial charge is 0.229 e. The van der Waals surface area contributed by atoms with Gasteiger partial charge in [0.25, 0.3) is 0 Å². The van der Waals surface area contributed by atoms with E-state index in [2.05, 4.69) is 5.32 Å². The molecule has 0 spiro atoms. The maximum Gasteiger partial charge on any atom is 0.229 e. The summed E-state index contributed by atoms with van der Waals surface area (Å²) in [6.45, 7) is 2.87. The summed E-state index contributed by atoms with van der Waals surface area (Å²) in [6, 6.07) is 0. The molecule has 0 radical (unpaired) electrons. The van der Waals surface area contributed by atoms with Crippen molar-refractivity contribution < 1.29 is 14.4 Å². The van der Waals surface area contributed by atoms with E-state index in [0.717, 1.165) is 38.9 Å². The first-order valence-electron chi connectivity index (χ1n) is 7.87. The van der Waals surface area contributed by atoms with E-state index in [9.17, 15) is 14.4 Å². The van der Waals surface area contributed by atoms with Gasteiger partial charge in [-0.1, -0.05) is 0 Å². The lowest BCUT2D eigenvalue weighted by Gasteiger charge is -2.32. The Kier molecular flexibility index (Phi) is 7.82. The molecular formula is C15H26ClN3O3. The molecule has 2 heterocycles. The van der Waals surface area contributed by atoms with Crippen molar-refractivity contribution >= 4 is 30.1 Å². The molecule has 1 N–H and O–H groups in total. The molecule has 0 saturated carbocycles. The SMILES string of the molecule is CNCCC1CCN(C(=O)CCN2C(=O)CCC2=O)CC1.Cl. The zero-order valence-electron chi connectivity index (χ0n) is 13.2. The predicted octanol–water partition coefficient (Wildman–Crippen LogP) is 0.795. The standard InChI is InChI=1S/C15H25N3O3.ClH/c1-16-8-4-12-5-9-17(10-6-12)13(19)7-11-18-14(20)2-3-15(18)21;/h12,16H,2-11H2,1H3;1H. The van der Waals surface area contributed by atoms with Crippen LogP contribution in [0.5, 0.6) is 0 Å². The van der Waals surface area contributed by atoms with Gasteiger partial charge < -0.3 is 10.2 Å². The maximum absolute atomic E-state index is 12.2. The number of amides is 3. The molecule has 0 unspecified atom stereocenters. The van der Waals surface area contributed by atoms with E-state index in [0.29, 0.717) is 18.8 Å². The molecule has 7 heteroatoms. The summed E-state index contributed by atoms with van der Waals surface area (Å²) >= 11 is 0. The molecular weight excluding hydrogens is 306 g/mol. The van der Waals surface area contributed by atoms with E-state index in [-0.39, 0.29) is 43.1 Å². The van der Waals surface area contributed by atoms with E-state index in [4.69, 9.17) is 0 Å². The molecule has 3 amide bonds. The van der Waals surface area contributed by atoms with Gasteiger partial charge in [0.05, 0.1) is 0 Å². The Morgan fingerprint density at radius 1 is 1.18 bits per heavy atom. The van der Waals surface area contributed by atoms with Crippen molar-refractivity contribution in [3.63, 3.8) is 0 Å². The van der Waals surface area contributed by atoms with Gasteiger partial charge in [-0.25, -0.2) is 0 Å². The van der Waals surface area contributed by atoms with Gasteiger partial charge in [-0.3, -0.25) is 19.3 Å². The number of carbonyl (C=O) groups excluding carboxylic acids is 3. The first kappa shape index (κ1) is 18.9. The molecule has 0 bridgehead atoms. The molecule has 0 aromatic carbocycles. The summed E-state index contributed by atoms with van der Waals surface area (Å²) in [5.41, 5.74) is 0. The fraction of sp³-hybridized carbons (Fsp3) is 0.800. The van der Waals surface area contributed by atoms with Gasteiger partial charge in [-0.15, -0.1) is 12.4 Å². The monoisotopic (exact) mass is 331 g/mol. The molecule has 6 nitrogen and oxygen atoms in total. The molecule has 0 aliphatic carbocycles. The first-order chi connectivity index (χ1) is 10.1. The fourth-order valence-electron chi connectivity index (χ4n) is 3.06. The van der Waals surface area contributed by atoms with Crippen LogP contribution >= 0.6 is 12.4 Å². The first-order valence-corrected chi connectivity index (χ1v) is 7.87. The van der Waals surface area contributed by atoms with Crippen molar-refractivity contribution in [2.45, 2.75) is 38.5 Å². The van der Waals surface area contributed by atoms with Crippen LogP contribution < -0.4 is 5.32 Å². The number of carbonyl (C=O) groups is 3. The lowest BCUT2D eigenvalue weighted by atomic mass is 9.93. The highest BCUT2D eigenvalue weighted by Gasteiger charge is 2.30. The Bertz CT molecular complexity index is 393. The molecule has 2 aliphatic heterocycles. The third kappa shape index (κ3) is 4.95. The Morgan fingerprint density at radius 3 is 2.32 bits per heavy atom. The Morgan fingerprint density at radius 2 is 1.77 bits per heavy atom. The summed E-state index contributed by atoms with van der Waals surface area (Å²) in [4.78, 5) is 38.2.